The van der Waals surface area contributed by atoms with Gasteiger partial charge in [-0.1, -0.05) is 96.0 Å². The molecule has 1 atom stereocenters. The van der Waals surface area contributed by atoms with Crippen molar-refractivity contribution in [2.45, 2.75) is 123 Å². The van der Waals surface area contributed by atoms with E-state index < -0.39 is 0 Å². The summed E-state index contributed by atoms with van der Waals surface area (Å²) in [4.78, 5) is 4.77. The zero-order valence-electron chi connectivity index (χ0n) is 22.7. The minimum atomic E-state index is -0.0827. The van der Waals surface area contributed by atoms with E-state index in [2.05, 4.69) is 69.4 Å². The Morgan fingerprint density at radius 3 is 2.23 bits per heavy atom. The lowest BCUT2D eigenvalue weighted by molar-refractivity contribution is 0.213. The predicted molar refractivity (Wildman–Crippen MR) is 149 cm³/mol. The molecular weight excluding hydrogens is 424 g/mol. The van der Waals surface area contributed by atoms with E-state index in [0.717, 1.165) is 50.1 Å². The van der Waals surface area contributed by atoms with Crippen LogP contribution in [0.1, 0.15) is 128 Å². The largest absolute Gasteiger partial charge is 0.256 e. The number of unbranched alkanes of at least 4 members (excludes halogenated alkanes) is 6. The maximum absolute atomic E-state index is 9.91. The number of aryl methyl sites for hydroxylation is 1. The van der Waals surface area contributed by atoms with Crippen LogP contribution < -0.4 is 0 Å². The Labute approximate surface area is 215 Å². The molecule has 2 heteroatoms. The summed E-state index contributed by atoms with van der Waals surface area (Å²) in [7, 11) is 0. The van der Waals surface area contributed by atoms with Crippen LogP contribution in [0.25, 0.3) is 11.3 Å². The first kappa shape index (κ1) is 27.4. The molecule has 1 aromatic heterocycles. The minimum absolute atomic E-state index is 0.0827. The van der Waals surface area contributed by atoms with Crippen LogP contribution in [0.15, 0.2) is 42.6 Å². The molecule has 1 saturated carbocycles. The summed E-state index contributed by atoms with van der Waals surface area (Å²) >= 11 is 0. The van der Waals surface area contributed by atoms with E-state index in [9.17, 15) is 5.26 Å². The highest BCUT2D eigenvalue weighted by Gasteiger charge is 2.35. The minimum Gasteiger partial charge on any atom is -0.256 e. The van der Waals surface area contributed by atoms with Gasteiger partial charge in [0.15, 0.2) is 0 Å². The van der Waals surface area contributed by atoms with Gasteiger partial charge in [0.1, 0.15) is 0 Å². The molecule has 35 heavy (non-hydrogen) atoms. The second kappa shape index (κ2) is 14.4. The summed E-state index contributed by atoms with van der Waals surface area (Å²) in [6.07, 6.45) is 20.5. The number of nitrogens with zero attached hydrogens (tertiary/aromatic N) is 2. The molecule has 0 N–H and O–H groups in total. The van der Waals surface area contributed by atoms with Crippen LogP contribution in [0, 0.1) is 22.7 Å². The Hall–Kier alpha value is -2.14. The summed E-state index contributed by atoms with van der Waals surface area (Å²) in [6.45, 7) is 6.85. The second-order valence-corrected chi connectivity index (χ2v) is 11.3. The lowest BCUT2D eigenvalue weighted by Crippen LogP contribution is -2.26. The molecule has 1 fully saturated rings. The smallest absolute Gasteiger partial charge is 0.0702 e. The molecule has 0 aliphatic heterocycles. The number of pyridine rings is 1. The van der Waals surface area contributed by atoms with Crippen molar-refractivity contribution in [3.05, 3.63) is 53.7 Å². The lowest BCUT2D eigenvalue weighted by atomic mass is 9.67. The van der Waals surface area contributed by atoms with Gasteiger partial charge in [-0.25, -0.2) is 0 Å². The summed E-state index contributed by atoms with van der Waals surface area (Å²) in [5, 5.41) is 9.91. The van der Waals surface area contributed by atoms with E-state index in [0.29, 0.717) is 5.92 Å². The molecule has 1 unspecified atom stereocenters. The molecule has 2 aromatic rings. The van der Waals surface area contributed by atoms with Gasteiger partial charge in [0.05, 0.1) is 17.2 Å². The van der Waals surface area contributed by atoms with Crippen LogP contribution in [0.3, 0.4) is 0 Å². The fourth-order valence-electron chi connectivity index (χ4n) is 5.60. The number of benzene rings is 1. The third kappa shape index (κ3) is 8.49. The van der Waals surface area contributed by atoms with Gasteiger partial charge in [-0.15, -0.1) is 0 Å². The second-order valence-electron chi connectivity index (χ2n) is 11.3. The summed E-state index contributed by atoms with van der Waals surface area (Å²) in [5.74, 6) is 1.32. The standard InChI is InChI=1S/C33H48N2/c1-4-6-7-8-9-10-11-12-28-13-18-32(35-25-28)31-16-14-29(15-17-31)30-20-23-33(26-34,24-21-30)22-19-27(3)5-2/h13-18,25,27,30H,4-12,19-24H2,1-3H3. The van der Waals surface area contributed by atoms with Gasteiger partial charge in [-0.05, 0) is 80.4 Å². The van der Waals surface area contributed by atoms with E-state index in [1.807, 2.05) is 0 Å². The monoisotopic (exact) mass is 472 g/mol. The number of aromatic nitrogens is 1. The fourth-order valence-corrected chi connectivity index (χ4v) is 5.60. The highest BCUT2D eigenvalue weighted by molar-refractivity contribution is 5.59. The van der Waals surface area contributed by atoms with Gasteiger partial charge in [-0.2, -0.15) is 5.26 Å². The van der Waals surface area contributed by atoms with Gasteiger partial charge < -0.3 is 0 Å². The summed E-state index contributed by atoms with van der Waals surface area (Å²) in [6, 6.07) is 16.2. The normalized spacial score (nSPS) is 20.9. The molecule has 190 valence electrons. The third-order valence-electron chi connectivity index (χ3n) is 8.56. The Balaban J connectivity index is 1.46. The van der Waals surface area contributed by atoms with Crippen molar-refractivity contribution in [1.29, 1.82) is 5.26 Å². The molecular formula is C33H48N2. The molecule has 0 bridgehead atoms. The molecule has 3 rings (SSSR count). The van der Waals surface area contributed by atoms with E-state index >= 15 is 0 Å². The quantitative estimate of drug-likeness (QED) is 0.256. The van der Waals surface area contributed by atoms with Gasteiger partial charge in [-0.3, -0.25) is 4.98 Å². The fraction of sp³-hybridized carbons (Fsp3) is 0.636. The van der Waals surface area contributed by atoms with Crippen LogP contribution in [0.2, 0.25) is 0 Å². The average Bonchev–Trinajstić information content (AvgIpc) is 2.92. The molecule has 1 heterocycles. The molecule has 0 amide bonds. The third-order valence-corrected chi connectivity index (χ3v) is 8.56. The molecule has 0 spiro atoms. The SMILES string of the molecule is CCCCCCCCCc1ccc(-c2ccc(C3CCC(C#N)(CCC(C)CC)CC3)cc2)nc1. The van der Waals surface area contributed by atoms with Crippen molar-refractivity contribution in [2.24, 2.45) is 11.3 Å². The molecule has 1 aromatic carbocycles. The van der Waals surface area contributed by atoms with Gasteiger partial charge in [0.25, 0.3) is 0 Å². The van der Waals surface area contributed by atoms with E-state index in [-0.39, 0.29) is 5.41 Å². The maximum atomic E-state index is 9.91. The summed E-state index contributed by atoms with van der Waals surface area (Å²) < 4.78 is 0. The predicted octanol–water partition coefficient (Wildman–Crippen LogP) is 10.0. The van der Waals surface area contributed by atoms with E-state index in [1.54, 1.807) is 0 Å². The number of rotatable bonds is 14. The van der Waals surface area contributed by atoms with Gasteiger partial charge >= 0.3 is 0 Å². The molecule has 0 saturated heterocycles. The number of hydrogen-bond acceptors (Lipinski definition) is 2. The molecule has 1 aliphatic carbocycles. The number of nitriles is 1. The molecule has 2 nitrogen and oxygen atoms in total. The average molecular weight is 473 g/mol. The Bertz CT molecular complexity index is 882. The Morgan fingerprint density at radius 2 is 1.63 bits per heavy atom. The van der Waals surface area contributed by atoms with Crippen molar-refractivity contribution in [2.75, 3.05) is 0 Å². The van der Waals surface area contributed by atoms with Crippen molar-refractivity contribution < 1.29 is 0 Å². The van der Waals surface area contributed by atoms with E-state index in [1.165, 1.54) is 74.5 Å². The highest BCUT2D eigenvalue weighted by Crippen LogP contribution is 2.46. The first-order chi connectivity index (χ1) is 17.1. The topological polar surface area (TPSA) is 36.7 Å². The van der Waals surface area contributed by atoms with E-state index in [4.69, 9.17) is 4.98 Å². The molecule has 1 aliphatic rings. The van der Waals surface area contributed by atoms with Crippen LogP contribution >= 0.6 is 0 Å². The molecule has 0 radical (unpaired) electrons. The van der Waals surface area contributed by atoms with Crippen LogP contribution in [-0.4, -0.2) is 4.98 Å². The van der Waals surface area contributed by atoms with Gasteiger partial charge in [0, 0.05) is 11.8 Å². The van der Waals surface area contributed by atoms with Crippen LogP contribution in [0.4, 0.5) is 0 Å². The van der Waals surface area contributed by atoms with Crippen LogP contribution in [0.5, 0.6) is 0 Å². The summed E-state index contributed by atoms with van der Waals surface area (Å²) in [5.41, 5.74) is 4.97. The lowest BCUT2D eigenvalue weighted by Gasteiger charge is -2.36. The first-order valence-corrected chi connectivity index (χ1v) is 14.6. The van der Waals surface area contributed by atoms with Crippen molar-refractivity contribution >= 4 is 0 Å². The van der Waals surface area contributed by atoms with Crippen molar-refractivity contribution in [1.82, 2.24) is 4.98 Å². The van der Waals surface area contributed by atoms with Crippen molar-refractivity contribution in [3.63, 3.8) is 0 Å². The van der Waals surface area contributed by atoms with Crippen molar-refractivity contribution in [3.8, 4) is 17.3 Å². The maximum Gasteiger partial charge on any atom is 0.0702 e. The Kier molecular flexibility index (Phi) is 11.3. The zero-order chi connectivity index (χ0) is 24.9. The Morgan fingerprint density at radius 1 is 0.943 bits per heavy atom. The zero-order valence-corrected chi connectivity index (χ0v) is 22.7. The van der Waals surface area contributed by atoms with Crippen LogP contribution in [-0.2, 0) is 6.42 Å². The van der Waals surface area contributed by atoms with Gasteiger partial charge in [0.2, 0.25) is 0 Å². The number of hydrogen-bond donors (Lipinski definition) is 0. The first-order valence-electron chi connectivity index (χ1n) is 14.6. The highest BCUT2D eigenvalue weighted by atomic mass is 14.7.